The first-order valence-corrected chi connectivity index (χ1v) is 12.5. The highest BCUT2D eigenvalue weighted by Gasteiger charge is 2.33. The van der Waals surface area contributed by atoms with Crippen LogP contribution in [0.25, 0.3) is 11.1 Å². The van der Waals surface area contributed by atoms with Crippen LogP contribution in [0.5, 0.6) is 0 Å². The molecule has 1 N–H and O–H groups in total. The number of likely N-dealkylation sites (N-methyl/N-ethyl adjacent to an activating group) is 1. The van der Waals surface area contributed by atoms with Gasteiger partial charge >= 0.3 is 6.09 Å². The molecule has 3 heterocycles. The minimum atomic E-state index is -0.536. The van der Waals surface area contributed by atoms with E-state index in [0.29, 0.717) is 19.0 Å². The van der Waals surface area contributed by atoms with E-state index in [1.54, 1.807) is 37.3 Å². The van der Waals surface area contributed by atoms with Gasteiger partial charge in [-0.15, -0.1) is 0 Å². The van der Waals surface area contributed by atoms with Crippen molar-refractivity contribution in [2.75, 3.05) is 23.8 Å². The van der Waals surface area contributed by atoms with Gasteiger partial charge in [-0.05, 0) is 63.4 Å². The lowest BCUT2D eigenvalue weighted by Crippen LogP contribution is -2.43. The van der Waals surface area contributed by atoms with Crippen LogP contribution in [0.4, 0.5) is 16.4 Å². The third-order valence-corrected chi connectivity index (χ3v) is 6.22. The Labute approximate surface area is 217 Å². The smallest absolute Gasteiger partial charge is 0.410 e. The molecule has 1 aliphatic heterocycles. The zero-order chi connectivity index (χ0) is 26.7. The molecule has 3 aromatic rings. The maximum Gasteiger partial charge on any atom is 0.410 e. The molecule has 1 aromatic carbocycles. The lowest BCUT2D eigenvalue weighted by atomic mass is 9.89. The van der Waals surface area contributed by atoms with Crippen molar-refractivity contribution in [3.63, 3.8) is 0 Å². The molecule has 196 valence electrons. The van der Waals surface area contributed by atoms with Gasteiger partial charge in [-0.25, -0.2) is 14.8 Å². The maximum absolute atomic E-state index is 12.5. The molecule has 1 aliphatic rings. The summed E-state index contributed by atoms with van der Waals surface area (Å²) in [6.45, 7) is 10.2. The predicted octanol–water partition coefficient (Wildman–Crippen LogP) is 4.51. The van der Waals surface area contributed by atoms with E-state index < -0.39 is 5.60 Å². The first kappa shape index (κ1) is 26.1. The Bertz CT molecular complexity index is 1250. The van der Waals surface area contributed by atoms with E-state index in [2.05, 4.69) is 33.4 Å². The summed E-state index contributed by atoms with van der Waals surface area (Å²) < 4.78 is 7.23. The van der Waals surface area contributed by atoms with Crippen LogP contribution in [0, 0.1) is 0 Å². The number of rotatable bonds is 6. The minimum Gasteiger partial charge on any atom is -0.444 e. The zero-order valence-electron chi connectivity index (χ0n) is 22.3. The summed E-state index contributed by atoms with van der Waals surface area (Å²) in [5.74, 6) is 0.562. The van der Waals surface area contributed by atoms with E-state index >= 15 is 0 Å². The van der Waals surface area contributed by atoms with Crippen molar-refractivity contribution in [2.24, 2.45) is 0 Å². The lowest BCUT2D eigenvalue weighted by molar-refractivity contribution is -0.117. The number of amides is 2. The number of hydrogen-bond donors (Lipinski definition) is 1. The molecule has 2 atom stereocenters. The standard InChI is InChI=1S/C27H35N7O3/c1-18-14-23(31-25-28-10-7-11-29-25)22-15-20(8-9-24(22)34(18)19(2)35)21-16-30-33(17-21)13-12-32(6)26(36)37-27(3,4)5/h7-11,15-18,23H,12-14H2,1-6H3,(H,28,29,31)/t18-,23+/m0/s1. The van der Waals surface area contributed by atoms with E-state index in [9.17, 15) is 9.59 Å². The third kappa shape index (κ3) is 6.25. The summed E-state index contributed by atoms with van der Waals surface area (Å²) in [6.07, 6.45) is 7.54. The van der Waals surface area contributed by atoms with Gasteiger partial charge in [-0.1, -0.05) is 6.07 Å². The van der Waals surface area contributed by atoms with Crippen LogP contribution in [-0.2, 0) is 16.1 Å². The first-order valence-electron chi connectivity index (χ1n) is 12.5. The lowest BCUT2D eigenvalue weighted by Gasteiger charge is -2.39. The molecular weight excluding hydrogens is 470 g/mol. The van der Waals surface area contributed by atoms with Crippen LogP contribution in [0.15, 0.2) is 49.1 Å². The van der Waals surface area contributed by atoms with Crippen molar-refractivity contribution < 1.29 is 14.3 Å². The van der Waals surface area contributed by atoms with Gasteiger partial charge in [-0.2, -0.15) is 5.10 Å². The van der Waals surface area contributed by atoms with Crippen LogP contribution in [0.2, 0.25) is 0 Å². The van der Waals surface area contributed by atoms with Crippen LogP contribution in [0.3, 0.4) is 0 Å². The highest BCUT2D eigenvalue weighted by atomic mass is 16.6. The molecule has 0 saturated carbocycles. The fraction of sp³-hybridized carbons (Fsp3) is 0.444. The average molecular weight is 506 g/mol. The summed E-state index contributed by atoms with van der Waals surface area (Å²) in [5, 5.41) is 7.93. The number of fused-ring (bicyclic) bond motifs is 1. The molecule has 0 aliphatic carbocycles. The van der Waals surface area contributed by atoms with Crippen molar-refractivity contribution in [3.8, 4) is 11.1 Å². The fourth-order valence-electron chi connectivity index (χ4n) is 4.51. The second-order valence-electron chi connectivity index (χ2n) is 10.4. The van der Waals surface area contributed by atoms with E-state index in [-0.39, 0.29) is 24.1 Å². The second kappa shape index (κ2) is 10.6. The van der Waals surface area contributed by atoms with Gasteiger partial charge in [0.05, 0.1) is 18.8 Å². The minimum absolute atomic E-state index is 0.0119. The first-order chi connectivity index (χ1) is 17.5. The molecule has 37 heavy (non-hydrogen) atoms. The molecule has 0 spiro atoms. The van der Waals surface area contributed by atoms with Crippen molar-refractivity contribution in [1.82, 2.24) is 24.6 Å². The number of benzene rings is 1. The number of nitrogens with zero attached hydrogens (tertiary/aromatic N) is 6. The van der Waals surface area contributed by atoms with E-state index in [1.807, 2.05) is 54.9 Å². The van der Waals surface area contributed by atoms with Crippen LogP contribution in [0.1, 0.15) is 52.6 Å². The van der Waals surface area contributed by atoms with Crippen molar-refractivity contribution >= 4 is 23.6 Å². The summed E-state index contributed by atoms with van der Waals surface area (Å²) in [6, 6.07) is 7.86. The summed E-state index contributed by atoms with van der Waals surface area (Å²) in [7, 11) is 1.72. The number of anilines is 2. The summed E-state index contributed by atoms with van der Waals surface area (Å²) >= 11 is 0. The largest absolute Gasteiger partial charge is 0.444 e. The number of hydrogen-bond acceptors (Lipinski definition) is 7. The van der Waals surface area contributed by atoms with Gasteiger partial charge in [0, 0.05) is 56.4 Å². The zero-order valence-corrected chi connectivity index (χ0v) is 22.3. The Kier molecular flexibility index (Phi) is 7.47. The Balaban J connectivity index is 1.55. The van der Waals surface area contributed by atoms with Gasteiger partial charge in [0.2, 0.25) is 11.9 Å². The van der Waals surface area contributed by atoms with Crippen molar-refractivity contribution in [1.29, 1.82) is 0 Å². The number of aromatic nitrogens is 4. The van der Waals surface area contributed by atoms with Gasteiger partial charge in [0.25, 0.3) is 0 Å². The maximum atomic E-state index is 12.5. The Morgan fingerprint density at radius 1 is 1.19 bits per heavy atom. The van der Waals surface area contributed by atoms with Gasteiger partial charge in [-0.3, -0.25) is 9.48 Å². The van der Waals surface area contributed by atoms with E-state index in [0.717, 1.165) is 28.8 Å². The molecule has 0 saturated heterocycles. The molecule has 0 radical (unpaired) electrons. The third-order valence-electron chi connectivity index (χ3n) is 6.22. The molecule has 0 unspecified atom stereocenters. The second-order valence-corrected chi connectivity index (χ2v) is 10.4. The SMILES string of the molecule is CC(=O)N1c2ccc(-c3cnn(CCN(C)C(=O)OC(C)(C)C)c3)cc2[C@H](Nc2ncccn2)C[C@@H]1C. The highest BCUT2D eigenvalue weighted by molar-refractivity contribution is 5.94. The van der Waals surface area contributed by atoms with Crippen LogP contribution in [-0.4, -0.2) is 61.9 Å². The van der Waals surface area contributed by atoms with Crippen LogP contribution >= 0.6 is 0 Å². The normalized spacial score (nSPS) is 17.2. The van der Waals surface area contributed by atoms with Gasteiger partial charge in [0.15, 0.2) is 0 Å². The quantitative estimate of drug-likeness (QED) is 0.526. The molecule has 2 aromatic heterocycles. The molecule has 10 nitrogen and oxygen atoms in total. The molecular formula is C27H35N7O3. The Hall–Kier alpha value is -3.95. The van der Waals surface area contributed by atoms with Crippen molar-refractivity contribution in [3.05, 3.63) is 54.6 Å². The average Bonchev–Trinajstić information content (AvgIpc) is 3.31. The van der Waals surface area contributed by atoms with Crippen LogP contribution < -0.4 is 10.2 Å². The number of nitrogens with one attached hydrogen (secondary N) is 1. The Morgan fingerprint density at radius 3 is 2.59 bits per heavy atom. The fourth-order valence-corrected chi connectivity index (χ4v) is 4.51. The summed E-state index contributed by atoms with van der Waals surface area (Å²) in [4.78, 5) is 36.7. The molecule has 10 heteroatoms. The van der Waals surface area contributed by atoms with Gasteiger partial charge in [0.1, 0.15) is 5.60 Å². The molecule has 0 bridgehead atoms. The summed E-state index contributed by atoms with van der Waals surface area (Å²) in [5.41, 5.74) is 3.30. The van der Waals surface area contributed by atoms with Crippen molar-refractivity contribution in [2.45, 2.75) is 65.3 Å². The number of carbonyl (C=O) groups excluding carboxylic acids is 2. The predicted molar refractivity (Wildman–Crippen MR) is 142 cm³/mol. The molecule has 0 fully saturated rings. The highest BCUT2D eigenvalue weighted by Crippen LogP contribution is 2.40. The monoisotopic (exact) mass is 505 g/mol. The molecule has 2 amide bonds. The van der Waals surface area contributed by atoms with E-state index in [4.69, 9.17) is 4.74 Å². The number of ether oxygens (including phenoxy) is 1. The molecule has 4 rings (SSSR count). The van der Waals surface area contributed by atoms with Gasteiger partial charge < -0.3 is 19.9 Å². The Morgan fingerprint density at radius 2 is 1.92 bits per heavy atom. The topological polar surface area (TPSA) is 105 Å². The van der Waals surface area contributed by atoms with E-state index in [1.165, 1.54) is 0 Å². The number of carbonyl (C=O) groups is 2.